The summed E-state index contributed by atoms with van der Waals surface area (Å²) in [4.78, 5) is 20.7. The van der Waals surface area contributed by atoms with Gasteiger partial charge in [0.2, 0.25) is 5.95 Å². The lowest BCUT2D eigenvalue weighted by Crippen LogP contribution is -2.31. The number of rotatable bonds is 5. The Hall–Kier alpha value is -3.33. The molecule has 1 saturated heterocycles. The van der Waals surface area contributed by atoms with Gasteiger partial charge >= 0.3 is 0 Å². The van der Waals surface area contributed by atoms with E-state index in [0.29, 0.717) is 34.7 Å². The molecule has 2 aliphatic rings. The maximum atomic E-state index is 11.6. The zero-order chi connectivity index (χ0) is 19.6. The molecule has 1 aromatic carbocycles. The number of benzene rings is 1. The highest BCUT2D eigenvalue weighted by Crippen LogP contribution is 2.32. The van der Waals surface area contributed by atoms with Crippen LogP contribution in [0.1, 0.15) is 12.8 Å². The molecule has 1 fully saturated rings. The number of anilines is 4. The van der Waals surface area contributed by atoms with E-state index in [1.807, 2.05) is 18.2 Å². The number of furan rings is 1. The lowest BCUT2D eigenvalue weighted by Gasteiger charge is -2.23. The highest BCUT2D eigenvalue weighted by atomic mass is 16.5. The minimum Gasteiger partial charge on any atom is -0.482 e. The molecular weight excluding hydrogens is 372 g/mol. The summed E-state index contributed by atoms with van der Waals surface area (Å²) >= 11 is 0. The molecular formula is C20H22N6O3. The van der Waals surface area contributed by atoms with Gasteiger partial charge in [0.25, 0.3) is 5.91 Å². The van der Waals surface area contributed by atoms with Crippen LogP contribution in [0.3, 0.4) is 0 Å². The Balaban J connectivity index is 1.37. The van der Waals surface area contributed by atoms with Crippen LogP contribution < -0.4 is 26.0 Å². The second-order valence-corrected chi connectivity index (χ2v) is 7.28. The van der Waals surface area contributed by atoms with Gasteiger partial charge < -0.3 is 30.4 Å². The van der Waals surface area contributed by atoms with E-state index >= 15 is 0 Å². The average molecular weight is 394 g/mol. The molecule has 1 amide bonds. The van der Waals surface area contributed by atoms with E-state index in [1.165, 1.54) is 0 Å². The number of nitrogens with one attached hydrogen (secondary N) is 4. The SMILES string of the molecule is O=C1COc2ccc(Nc3nc(NCC4CCNCC4)c4occc4n3)cc2N1. The first-order valence-corrected chi connectivity index (χ1v) is 9.78. The molecule has 9 heteroatoms. The van der Waals surface area contributed by atoms with Crippen LogP contribution in [0.5, 0.6) is 5.75 Å². The predicted octanol–water partition coefficient (Wildman–Crippen LogP) is 2.71. The molecule has 5 rings (SSSR count). The fraction of sp³-hybridized carbons (Fsp3) is 0.350. The molecule has 9 nitrogen and oxygen atoms in total. The number of ether oxygens (including phenoxy) is 1. The second-order valence-electron chi connectivity index (χ2n) is 7.28. The summed E-state index contributed by atoms with van der Waals surface area (Å²) in [6, 6.07) is 7.29. The van der Waals surface area contributed by atoms with Crippen LogP contribution >= 0.6 is 0 Å². The quantitative estimate of drug-likeness (QED) is 0.522. The number of aromatic nitrogens is 2. The van der Waals surface area contributed by atoms with E-state index in [0.717, 1.165) is 43.7 Å². The number of hydrogen-bond acceptors (Lipinski definition) is 8. The third-order valence-corrected chi connectivity index (χ3v) is 5.19. The highest BCUT2D eigenvalue weighted by molar-refractivity contribution is 5.96. The van der Waals surface area contributed by atoms with Crippen LogP contribution in [0.4, 0.5) is 23.1 Å². The summed E-state index contributed by atoms with van der Waals surface area (Å²) < 4.78 is 11.0. The van der Waals surface area contributed by atoms with Crippen molar-refractivity contribution in [1.29, 1.82) is 0 Å². The predicted molar refractivity (Wildman–Crippen MR) is 110 cm³/mol. The van der Waals surface area contributed by atoms with Crippen molar-refractivity contribution in [2.24, 2.45) is 5.92 Å². The molecule has 0 spiro atoms. The van der Waals surface area contributed by atoms with Gasteiger partial charge in [-0.2, -0.15) is 4.98 Å². The zero-order valence-corrected chi connectivity index (χ0v) is 15.8. The average Bonchev–Trinajstić information content (AvgIpc) is 3.21. The van der Waals surface area contributed by atoms with E-state index in [1.54, 1.807) is 12.3 Å². The Morgan fingerprint density at radius 2 is 2.07 bits per heavy atom. The van der Waals surface area contributed by atoms with Gasteiger partial charge in [-0.15, -0.1) is 0 Å². The molecule has 4 N–H and O–H groups in total. The van der Waals surface area contributed by atoms with E-state index in [9.17, 15) is 4.79 Å². The summed E-state index contributed by atoms with van der Waals surface area (Å²) in [7, 11) is 0. The third-order valence-electron chi connectivity index (χ3n) is 5.19. The van der Waals surface area contributed by atoms with Crippen molar-refractivity contribution in [2.45, 2.75) is 12.8 Å². The number of fused-ring (bicyclic) bond motifs is 2. The molecule has 29 heavy (non-hydrogen) atoms. The van der Waals surface area contributed by atoms with Crippen molar-refractivity contribution in [2.75, 3.05) is 42.2 Å². The highest BCUT2D eigenvalue weighted by Gasteiger charge is 2.18. The first-order valence-electron chi connectivity index (χ1n) is 9.78. The summed E-state index contributed by atoms with van der Waals surface area (Å²) in [6.07, 6.45) is 3.91. The van der Waals surface area contributed by atoms with Gasteiger partial charge in [-0.1, -0.05) is 0 Å². The van der Waals surface area contributed by atoms with Crippen LogP contribution in [0.15, 0.2) is 34.9 Å². The van der Waals surface area contributed by atoms with Crippen LogP contribution in [0.2, 0.25) is 0 Å². The molecule has 150 valence electrons. The second kappa shape index (κ2) is 7.59. The van der Waals surface area contributed by atoms with Gasteiger partial charge in [-0.25, -0.2) is 4.98 Å². The molecule has 0 atom stereocenters. The van der Waals surface area contributed by atoms with Gasteiger partial charge in [0, 0.05) is 18.3 Å². The van der Waals surface area contributed by atoms with E-state index < -0.39 is 0 Å². The molecule has 2 aliphatic heterocycles. The Labute approximate surface area is 167 Å². The maximum Gasteiger partial charge on any atom is 0.262 e. The number of amides is 1. The van der Waals surface area contributed by atoms with Crippen LogP contribution in [-0.4, -0.2) is 42.1 Å². The summed E-state index contributed by atoms with van der Waals surface area (Å²) in [5.74, 6) is 2.21. The molecule has 3 aromatic rings. The molecule has 0 unspecified atom stereocenters. The summed E-state index contributed by atoms with van der Waals surface area (Å²) in [5.41, 5.74) is 2.75. The van der Waals surface area contributed by atoms with Crippen LogP contribution in [0, 0.1) is 5.92 Å². The largest absolute Gasteiger partial charge is 0.482 e. The number of carbonyl (C=O) groups is 1. The normalized spacial score (nSPS) is 16.8. The standard InChI is InChI=1S/C20H22N6O3/c27-17-11-29-16-2-1-13(9-15(16)24-17)23-20-25-14-5-8-28-18(14)19(26-20)22-10-12-3-6-21-7-4-12/h1-2,5,8-9,12,21H,3-4,6-7,10-11H2,(H,24,27)(H2,22,23,25,26). The van der Waals surface area contributed by atoms with Gasteiger partial charge in [0.15, 0.2) is 18.0 Å². The van der Waals surface area contributed by atoms with Gasteiger partial charge in [-0.05, 0) is 50.0 Å². The first kappa shape index (κ1) is 17.7. The molecule has 0 saturated carbocycles. The van der Waals surface area contributed by atoms with Crippen molar-refractivity contribution in [3.8, 4) is 5.75 Å². The van der Waals surface area contributed by atoms with Crippen molar-refractivity contribution in [3.05, 3.63) is 30.5 Å². The minimum absolute atomic E-state index is 0.0339. The van der Waals surface area contributed by atoms with E-state index in [-0.39, 0.29) is 12.5 Å². The fourth-order valence-corrected chi connectivity index (χ4v) is 3.66. The zero-order valence-electron chi connectivity index (χ0n) is 15.8. The van der Waals surface area contributed by atoms with Crippen LogP contribution in [-0.2, 0) is 4.79 Å². The minimum atomic E-state index is -0.171. The number of carbonyl (C=O) groups excluding carboxylic acids is 1. The van der Waals surface area contributed by atoms with E-state index in [4.69, 9.17) is 9.15 Å². The monoisotopic (exact) mass is 394 g/mol. The Morgan fingerprint density at radius 1 is 1.17 bits per heavy atom. The van der Waals surface area contributed by atoms with Crippen molar-refractivity contribution < 1.29 is 13.9 Å². The molecule has 2 aromatic heterocycles. The van der Waals surface area contributed by atoms with Crippen molar-refractivity contribution in [1.82, 2.24) is 15.3 Å². The van der Waals surface area contributed by atoms with E-state index in [2.05, 4.69) is 31.2 Å². The van der Waals surface area contributed by atoms with Gasteiger partial charge in [0.05, 0.1) is 12.0 Å². The number of nitrogens with zero attached hydrogens (tertiary/aromatic N) is 2. The number of hydrogen-bond donors (Lipinski definition) is 4. The van der Waals surface area contributed by atoms with Crippen molar-refractivity contribution >= 4 is 40.1 Å². The molecule has 0 aliphatic carbocycles. The smallest absolute Gasteiger partial charge is 0.262 e. The molecule has 0 radical (unpaired) electrons. The van der Waals surface area contributed by atoms with Gasteiger partial charge in [0.1, 0.15) is 11.3 Å². The topological polar surface area (TPSA) is 113 Å². The Bertz CT molecular complexity index is 1040. The lowest BCUT2D eigenvalue weighted by atomic mass is 9.98. The fourth-order valence-electron chi connectivity index (χ4n) is 3.66. The first-order chi connectivity index (χ1) is 14.2. The maximum absolute atomic E-state index is 11.6. The molecule has 4 heterocycles. The van der Waals surface area contributed by atoms with Gasteiger partial charge in [-0.3, -0.25) is 4.79 Å². The Kier molecular flexibility index (Phi) is 4.65. The van der Waals surface area contributed by atoms with Crippen molar-refractivity contribution in [3.63, 3.8) is 0 Å². The van der Waals surface area contributed by atoms with Crippen LogP contribution in [0.25, 0.3) is 11.1 Å². The Morgan fingerprint density at radius 3 is 2.97 bits per heavy atom. The summed E-state index contributed by atoms with van der Waals surface area (Å²) in [5, 5.41) is 12.8. The number of piperidine rings is 1. The molecule has 0 bridgehead atoms. The lowest BCUT2D eigenvalue weighted by molar-refractivity contribution is -0.118. The third kappa shape index (κ3) is 3.81. The summed E-state index contributed by atoms with van der Waals surface area (Å²) in [6.45, 7) is 2.98.